The highest BCUT2D eigenvalue weighted by Crippen LogP contribution is 2.24. The number of sulfone groups is 1. The van der Waals surface area contributed by atoms with Crippen LogP contribution in [0.1, 0.15) is 37.0 Å². The number of hydrogen-bond acceptors (Lipinski definition) is 3. The zero-order chi connectivity index (χ0) is 14.6. The second-order valence-electron chi connectivity index (χ2n) is 4.35. The standard InChI is InChI=1S/C13H16Cl2O3S/c1-3-4-7-19(17,18)9(2)13(16)11-6-5-10(14)8-12(11)15/h5-6,8-9H,3-4,7H2,1-2H3. The molecule has 0 spiro atoms. The minimum atomic E-state index is -3.44. The van der Waals surface area contributed by atoms with Crippen molar-refractivity contribution in [2.75, 3.05) is 5.75 Å². The quantitative estimate of drug-likeness (QED) is 0.749. The molecule has 0 amide bonds. The molecule has 0 saturated carbocycles. The third-order valence-corrected chi connectivity index (χ3v) is 5.58. The fourth-order valence-electron chi connectivity index (χ4n) is 1.59. The summed E-state index contributed by atoms with van der Waals surface area (Å²) in [5.74, 6) is -0.473. The van der Waals surface area contributed by atoms with Crippen molar-refractivity contribution >= 4 is 38.8 Å². The summed E-state index contributed by atoms with van der Waals surface area (Å²) in [5.41, 5.74) is 0.193. The average Bonchev–Trinajstić information content (AvgIpc) is 2.34. The molecule has 3 nitrogen and oxygen atoms in total. The van der Waals surface area contributed by atoms with Gasteiger partial charge in [-0.3, -0.25) is 4.79 Å². The van der Waals surface area contributed by atoms with E-state index in [4.69, 9.17) is 23.2 Å². The van der Waals surface area contributed by atoms with Crippen molar-refractivity contribution in [3.63, 3.8) is 0 Å². The first-order valence-corrected chi connectivity index (χ1v) is 8.47. The number of rotatable bonds is 6. The van der Waals surface area contributed by atoms with Crippen molar-refractivity contribution in [3.8, 4) is 0 Å². The summed E-state index contributed by atoms with van der Waals surface area (Å²) in [6.07, 6.45) is 1.32. The van der Waals surface area contributed by atoms with Gasteiger partial charge in [-0.15, -0.1) is 0 Å². The van der Waals surface area contributed by atoms with Gasteiger partial charge in [-0.1, -0.05) is 36.5 Å². The van der Waals surface area contributed by atoms with Gasteiger partial charge in [0.25, 0.3) is 0 Å². The normalized spacial score (nSPS) is 13.3. The van der Waals surface area contributed by atoms with E-state index in [0.29, 0.717) is 11.4 Å². The van der Waals surface area contributed by atoms with Crippen LogP contribution in [0.25, 0.3) is 0 Å². The van der Waals surface area contributed by atoms with E-state index in [-0.39, 0.29) is 16.3 Å². The molecule has 106 valence electrons. The molecule has 1 aromatic rings. The van der Waals surface area contributed by atoms with Gasteiger partial charge in [-0.25, -0.2) is 8.42 Å². The molecule has 0 heterocycles. The number of Topliss-reactive ketones (excluding diaryl/α,β-unsaturated/α-hetero) is 1. The minimum absolute atomic E-state index is 0.0155. The van der Waals surface area contributed by atoms with Crippen molar-refractivity contribution in [3.05, 3.63) is 33.8 Å². The van der Waals surface area contributed by atoms with Gasteiger partial charge in [-0.05, 0) is 31.5 Å². The third kappa shape index (κ3) is 4.20. The zero-order valence-corrected chi connectivity index (χ0v) is 13.1. The number of carbonyl (C=O) groups excluding carboxylic acids is 1. The van der Waals surface area contributed by atoms with Crippen LogP contribution in [0.15, 0.2) is 18.2 Å². The van der Waals surface area contributed by atoms with E-state index in [2.05, 4.69) is 0 Å². The van der Waals surface area contributed by atoms with E-state index in [1.54, 1.807) is 0 Å². The van der Waals surface area contributed by atoms with Crippen LogP contribution in [-0.4, -0.2) is 25.2 Å². The topological polar surface area (TPSA) is 51.2 Å². The van der Waals surface area contributed by atoms with Gasteiger partial charge in [0, 0.05) is 10.6 Å². The first kappa shape index (κ1) is 16.5. The lowest BCUT2D eigenvalue weighted by Gasteiger charge is -2.12. The molecule has 0 saturated heterocycles. The molecule has 19 heavy (non-hydrogen) atoms. The number of halogens is 2. The number of ketones is 1. The first-order valence-electron chi connectivity index (χ1n) is 6.00. The zero-order valence-electron chi connectivity index (χ0n) is 10.8. The van der Waals surface area contributed by atoms with E-state index >= 15 is 0 Å². The second kappa shape index (κ2) is 6.73. The highest BCUT2D eigenvalue weighted by atomic mass is 35.5. The number of hydrogen-bond donors (Lipinski definition) is 0. The molecule has 0 aliphatic rings. The molecule has 0 aromatic heterocycles. The average molecular weight is 323 g/mol. The third-order valence-electron chi connectivity index (χ3n) is 2.89. The summed E-state index contributed by atoms with van der Waals surface area (Å²) in [6, 6.07) is 4.41. The van der Waals surface area contributed by atoms with Crippen LogP contribution in [0.5, 0.6) is 0 Å². The van der Waals surface area contributed by atoms with Crippen molar-refractivity contribution in [2.24, 2.45) is 0 Å². The van der Waals surface area contributed by atoms with Crippen LogP contribution in [0.3, 0.4) is 0 Å². The summed E-state index contributed by atoms with van der Waals surface area (Å²) in [5, 5.41) is -0.504. The molecule has 0 radical (unpaired) electrons. The van der Waals surface area contributed by atoms with Crippen LogP contribution in [0, 0.1) is 0 Å². The SMILES string of the molecule is CCCCS(=O)(=O)C(C)C(=O)c1ccc(Cl)cc1Cl. The molecule has 0 bridgehead atoms. The maximum atomic E-state index is 12.2. The largest absolute Gasteiger partial charge is 0.293 e. The highest BCUT2D eigenvalue weighted by Gasteiger charge is 2.29. The van der Waals surface area contributed by atoms with E-state index < -0.39 is 20.9 Å². The Morgan fingerprint density at radius 2 is 1.95 bits per heavy atom. The van der Waals surface area contributed by atoms with Crippen LogP contribution in [0.4, 0.5) is 0 Å². The van der Waals surface area contributed by atoms with Gasteiger partial charge in [0.1, 0.15) is 5.25 Å². The van der Waals surface area contributed by atoms with E-state index in [1.165, 1.54) is 25.1 Å². The Labute approximate surface area is 123 Å². The van der Waals surface area contributed by atoms with Gasteiger partial charge in [0.2, 0.25) is 0 Å². The molecule has 0 aliphatic carbocycles. The van der Waals surface area contributed by atoms with Gasteiger partial charge in [0.15, 0.2) is 15.6 Å². The van der Waals surface area contributed by atoms with Gasteiger partial charge >= 0.3 is 0 Å². The Morgan fingerprint density at radius 3 is 2.47 bits per heavy atom. The van der Waals surface area contributed by atoms with E-state index in [0.717, 1.165) is 6.42 Å². The number of unbranched alkanes of at least 4 members (excludes halogenated alkanes) is 1. The predicted molar refractivity (Wildman–Crippen MR) is 78.9 cm³/mol. The molecule has 1 unspecified atom stereocenters. The Kier molecular flexibility index (Phi) is 5.83. The van der Waals surface area contributed by atoms with Crippen LogP contribution in [0.2, 0.25) is 10.0 Å². The van der Waals surface area contributed by atoms with Crippen molar-refractivity contribution in [2.45, 2.75) is 31.9 Å². The van der Waals surface area contributed by atoms with E-state index in [9.17, 15) is 13.2 Å². The fraction of sp³-hybridized carbons (Fsp3) is 0.462. The molecule has 1 aromatic carbocycles. The monoisotopic (exact) mass is 322 g/mol. The van der Waals surface area contributed by atoms with Gasteiger partial charge < -0.3 is 0 Å². The first-order chi connectivity index (χ1) is 8.79. The lowest BCUT2D eigenvalue weighted by atomic mass is 10.1. The Hall–Kier alpha value is -0.580. The molecule has 0 N–H and O–H groups in total. The molecular formula is C13H16Cl2O3S. The number of carbonyl (C=O) groups is 1. The Morgan fingerprint density at radius 1 is 1.32 bits per heavy atom. The van der Waals surface area contributed by atoms with Crippen LogP contribution >= 0.6 is 23.2 Å². The second-order valence-corrected chi connectivity index (χ2v) is 7.64. The molecule has 1 atom stereocenters. The number of benzene rings is 1. The maximum Gasteiger partial charge on any atom is 0.182 e. The summed E-state index contributed by atoms with van der Waals surface area (Å²) < 4.78 is 24.0. The lowest BCUT2D eigenvalue weighted by Crippen LogP contribution is -2.29. The minimum Gasteiger partial charge on any atom is -0.293 e. The highest BCUT2D eigenvalue weighted by molar-refractivity contribution is 7.92. The smallest absolute Gasteiger partial charge is 0.182 e. The van der Waals surface area contributed by atoms with E-state index in [1.807, 2.05) is 6.92 Å². The Bertz CT molecular complexity index is 567. The molecule has 1 rings (SSSR count). The summed E-state index contributed by atoms with van der Waals surface area (Å²) in [6.45, 7) is 3.30. The van der Waals surface area contributed by atoms with Crippen LogP contribution < -0.4 is 0 Å². The van der Waals surface area contributed by atoms with Crippen molar-refractivity contribution in [1.82, 2.24) is 0 Å². The van der Waals surface area contributed by atoms with Gasteiger partial charge in [-0.2, -0.15) is 0 Å². The molecule has 0 aliphatic heterocycles. The fourth-order valence-corrected chi connectivity index (χ4v) is 3.59. The van der Waals surface area contributed by atoms with Crippen LogP contribution in [-0.2, 0) is 9.84 Å². The summed E-state index contributed by atoms with van der Waals surface area (Å²) in [7, 11) is -3.44. The van der Waals surface area contributed by atoms with Crippen molar-refractivity contribution < 1.29 is 13.2 Å². The predicted octanol–water partition coefficient (Wildman–Crippen LogP) is 3.78. The molecule has 6 heteroatoms. The van der Waals surface area contributed by atoms with Crippen molar-refractivity contribution in [1.29, 1.82) is 0 Å². The molecule has 0 fully saturated rings. The summed E-state index contributed by atoms with van der Waals surface area (Å²) in [4.78, 5) is 12.2. The molecular weight excluding hydrogens is 307 g/mol. The Balaban J connectivity index is 3.00. The summed E-state index contributed by atoms with van der Waals surface area (Å²) >= 11 is 11.7. The lowest BCUT2D eigenvalue weighted by molar-refractivity contribution is 0.0991. The maximum absolute atomic E-state index is 12.2. The van der Waals surface area contributed by atoms with Gasteiger partial charge in [0.05, 0.1) is 10.8 Å².